The molecule has 0 amide bonds. The van der Waals surface area contributed by atoms with Gasteiger partial charge in [0.05, 0.1) is 51.5 Å². The highest BCUT2D eigenvalue weighted by molar-refractivity contribution is 6.18. The number of nitrogens with two attached hydrogens (primary N) is 1. The number of likely N-dealkylation sites (N-methyl/N-ethyl adjacent to an activating group) is 1. The average Bonchev–Trinajstić information content (AvgIpc) is 3.59. The van der Waals surface area contributed by atoms with Gasteiger partial charge in [0.1, 0.15) is 0 Å². The van der Waals surface area contributed by atoms with Crippen LogP contribution >= 0.6 is 11.6 Å². The number of halogens is 1. The van der Waals surface area contributed by atoms with Crippen molar-refractivity contribution in [2.45, 2.75) is 57.8 Å². The van der Waals surface area contributed by atoms with Crippen molar-refractivity contribution in [2.75, 3.05) is 86.0 Å². The molecule has 7 N–H and O–H groups in total. The van der Waals surface area contributed by atoms with Crippen LogP contribution in [-0.2, 0) is 18.9 Å². The van der Waals surface area contributed by atoms with Crippen LogP contribution in [0.15, 0.2) is 0 Å². The van der Waals surface area contributed by atoms with Crippen LogP contribution in [0.5, 0.6) is 0 Å². The molecule has 11 heteroatoms. The highest BCUT2D eigenvalue weighted by Crippen LogP contribution is 2.12. The zero-order valence-electron chi connectivity index (χ0n) is 22.4. The molecule has 5 atom stereocenters. The lowest BCUT2D eigenvalue weighted by Gasteiger charge is -2.11. The van der Waals surface area contributed by atoms with Gasteiger partial charge in [0, 0.05) is 51.8 Å². The number of aliphatic hydroxyl groups excluding tert-OH is 3. The van der Waals surface area contributed by atoms with Crippen molar-refractivity contribution < 1.29 is 34.3 Å². The molecule has 0 spiro atoms. The van der Waals surface area contributed by atoms with E-state index >= 15 is 0 Å². The Hall–Kier alpha value is -0.110. The number of ether oxygens (including phenoxy) is 4. The Morgan fingerprint density at radius 2 is 1.57 bits per heavy atom. The Bertz CT molecular complexity index is 395. The van der Waals surface area contributed by atoms with Crippen LogP contribution in [0, 0.1) is 11.8 Å². The van der Waals surface area contributed by atoms with E-state index < -0.39 is 0 Å². The molecule has 0 aliphatic carbocycles. The molecule has 214 valence electrons. The Labute approximate surface area is 218 Å². The molecule has 0 saturated carbocycles. The normalized spacial score (nSPS) is 21.5. The Morgan fingerprint density at radius 3 is 1.94 bits per heavy atom. The molecule has 2 heterocycles. The van der Waals surface area contributed by atoms with E-state index in [0.29, 0.717) is 44.8 Å². The number of nitrogens with one attached hydrogen (secondary N) is 2. The third kappa shape index (κ3) is 26.8. The minimum atomic E-state index is -0.370. The van der Waals surface area contributed by atoms with E-state index in [9.17, 15) is 5.11 Å². The third-order valence-corrected chi connectivity index (χ3v) is 5.65. The summed E-state index contributed by atoms with van der Waals surface area (Å²) in [6.45, 7) is 10.6. The number of rotatable bonds is 14. The summed E-state index contributed by atoms with van der Waals surface area (Å²) < 4.78 is 20.4. The van der Waals surface area contributed by atoms with E-state index in [1.807, 2.05) is 13.8 Å². The predicted molar refractivity (Wildman–Crippen MR) is 141 cm³/mol. The van der Waals surface area contributed by atoms with Gasteiger partial charge in [-0.25, -0.2) is 0 Å². The lowest BCUT2D eigenvalue weighted by Crippen LogP contribution is -2.29. The van der Waals surface area contributed by atoms with Crippen molar-refractivity contribution in [3.63, 3.8) is 0 Å². The van der Waals surface area contributed by atoms with E-state index in [1.165, 1.54) is 0 Å². The van der Waals surface area contributed by atoms with E-state index in [2.05, 4.69) is 15.4 Å². The topological polar surface area (TPSA) is 148 Å². The fourth-order valence-electron chi connectivity index (χ4n) is 2.74. The van der Waals surface area contributed by atoms with Crippen molar-refractivity contribution in [1.82, 2.24) is 10.6 Å². The van der Waals surface area contributed by atoms with Crippen molar-refractivity contribution >= 4 is 11.6 Å². The van der Waals surface area contributed by atoms with Crippen LogP contribution in [0.3, 0.4) is 0 Å². The molecule has 35 heavy (non-hydrogen) atoms. The van der Waals surface area contributed by atoms with Gasteiger partial charge in [0.15, 0.2) is 0 Å². The maximum atomic E-state index is 9.23. The van der Waals surface area contributed by atoms with Gasteiger partial charge in [-0.05, 0) is 38.6 Å². The zero-order valence-corrected chi connectivity index (χ0v) is 23.2. The maximum absolute atomic E-state index is 9.23. The number of aliphatic hydroxyl groups is 3. The van der Waals surface area contributed by atoms with Crippen molar-refractivity contribution in [3.8, 4) is 0 Å². The molecular weight excluding hydrogens is 478 g/mol. The Balaban J connectivity index is 0. The minimum absolute atomic E-state index is 0.256. The van der Waals surface area contributed by atoms with Gasteiger partial charge in [-0.2, -0.15) is 0 Å². The highest BCUT2D eigenvalue weighted by atomic mass is 35.5. The summed E-state index contributed by atoms with van der Waals surface area (Å²) in [6, 6.07) is 0. The summed E-state index contributed by atoms with van der Waals surface area (Å²) >= 11 is 5.53. The molecule has 5 unspecified atom stereocenters. The molecule has 0 aromatic rings. The summed E-state index contributed by atoms with van der Waals surface area (Å²) in [6.07, 6.45) is 2.89. The van der Waals surface area contributed by atoms with Crippen LogP contribution in [0.2, 0.25) is 0 Å². The fraction of sp³-hybridized carbons (Fsp3) is 1.00. The molecule has 10 nitrogen and oxygen atoms in total. The lowest BCUT2D eigenvalue weighted by molar-refractivity contribution is 0.0658. The van der Waals surface area contributed by atoms with Gasteiger partial charge in [-0.3, -0.25) is 5.32 Å². The average molecular weight is 532 g/mol. The summed E-state index contributed by atoms with van der Waals surface area (Å²) in [4.78, 5) is 0. The molecule has 0 aromatic heterocycles. The van der Waals surface area contributed by atoms with Crippen LogP contribution in [0.4, 0.5) is 0 Å². The summed E-state index contributed by atoms with van der Waals surface area (Å²) in [5.41, 5.74) is 5.03. The molecule has 2 aliphatic heterocycles. The van der Waals surface area contributed by atoms with E-state index in [0.717, 1.165) is 64.6 Å². The summed E-state index contributed by atoms with van der Waals surface area (Å²) in [5, 5.41) is 32.5. The molecule has 0 radical (unpaired) electrons. The molecule has 2 rings (SSSR count). The molecule has 2 aliphatic rings. The predicted octanol–water partition coefficient (Wildman–Crippen LogP) is 0.548. The monoisotopic (exact) mass is 531 g/mol. The first-order valence-electron chi connectivity index (χ1n) is 12.8. The first-order valence-corrected chi connectivity index (χ1v) is 13.3. The summed E-state index contributed by atoms with van der Waals surface area (Å²) in [5.74, 6) is 1.97. The molecule has 0 aromatic carbocycles. The zero-order chi connectivity index (χ0) is 26.7. The number of alkyl halides is 1. The molecule has 2 fully saturated rings. The Morgan fingerprint density at radius 1 is 0.971 bits per heavy atom. The van der Waals surface area contributed by atoms with Gasteiger partial charge in [0.25, 0.3) is 0 Å². The van der Waals surface area contributed by atoms with E-state index in [4.69, 9.17) is 41.8 Å². The molecular formula is C24H54ClN3O7. The van der Waals surface area contributed by atoms with Gasteiger partial charge in [0.2, 0.25) is 0 Å². The van der Waals surface area contributed by atoms with Crippen LogP contribution in [0.25, 0.3) is 0 Å². The van der Waals surface area contributed by atoms with Gasteiger partial charge in [-0.15, -0.1) is 11.6 Å². The second-order valence-corrected chi connectivity index (χ2v) is 8.92. The molecule has 2 saturated heterocycles. The SMILES string of the molecule is CCC(O)CN.CCC(O)CNCOCC1CCOC1.CNCC(O)COC.ClCC1CCOC1. The summed E-state index contributed by atoms with van der Waals surface area (Å²) in [7, 11) is 3.36. The van der Waals surface area contributed by atoms with Crippen LogP contribution in [0.1, 0.15) is 39.5 Å². The second kappa shape index (κ2) is 28.5. The third-order valence-electron chi connectivity index (χ3n) is 5.22. The first kappa shape index (κ1) is 37.0. The first-order chi connectivity index (χ1) is 16.9. The van der Waals surface area contributed by atoms with Crippen LogP contribution < -0.4 is 16.4 Å². The quantitative estimate of drug-likeness (QED) is 0.107. The van der Waals surface area contributed by atoms with Crippen LogP contribution in [-0.4, -0.2) is 120 Å². The number of hydrogen-bond acceptors (Lipinski definition) is 10. The van der Waals surface area contributed by atoms with Gasteiger partial charge >= 0.3 is 0 Å². The van der Waals surface area contributed by atoms with Crippen molar-refractivity contribution in [1.29, 1.82) is 0 Å². The van der Waals surface area contributed by atoms with Crippen molar-refractivity contribution in [2.24, 2.45) is 17.6 Å². The second-order valence-electron chi connectivity index (χ2n) is 8.61. The van der Waals surface area contributed by atoms with Gasteiger partial charge in [-0.1, -0.05) is 13.8 Å². The van der Waals surface area contributed by atoms with E-state index in [-0.39, 0.29) is 18.3 Å². The fourth-order valence-corrected chi connectivity index (χ4v) is 2.98. The Kier molecular flexibility index (Phi) is 30.1. The smallest absolute Gasteiger partial charge is 0.0966 e. The number of hydrogen-bond donors (Lipinski definition) is 6. The minimum Gasteiger partial charge on any atom is -0.392 e. The standard InChI is InChI=1S/C10H21NO3.C5H9ClO.C5H13NO2.C4H11NO/c1-2-10(12)5-11-8-14-7-9-3-4-13-6-9;6-3-5-1-2-7-4-5;1-6-3-5(7)4-8-2;1-2-4(6)3-5/h9-12H,2-8H2,1H3;5H,1-4H2;5-7H,3-4H2,1-2H3;4,6H,2-3,5H2,1H3. The maximum Gasteiger partial charge on any atom is 0.0966 e. The highest BCUT2D eigenvalue weighted by Gasteiger charge is 2.15. The number of methoxy groups -OCH3 is 1. The lowest BCUT2D eigenvalue weighted by atomic mass is 10.1. The largest absolute Gasteiger partial charge is 0.392 e. The van der Waals surface area contributed by atoms with E-state index in [1.54, 1.807) is 14.2 Å². The molecule has 0 bridgehead atoms. The van der Waals surface area contributed by atoms with Gasteiger partial charge < -0.3 is 45.3 Å². The van der Waals surface area contributed by atoms with Crippen molar-refractivity contribution in [3.05, 3.63) is 0 Å².